The second-order valence-corrected chi connectivity index (χ2v) is 5.07. The van der Waals surface area contributed by atoms with E-state index in [1.165, 1.54) is 11.3 Å². The molecule has 0 saturated heterocycles. The Labute approximate surface area is 110 Å². The first-order chi connectivity index (χ1) is 8.66. The van der Waals surface area contributed by atoms with E-state index in [0.29, 0.717) is 20.9 Å². The molecule has 0 amide bonds. The Morgan fingerprint density at radius 2 is 2.06 bits per heavy atom. The molecule has 0 bridgehead atoms. The Morgan fingerprint density at radius 3 is 2.83 bits per heavy atom. The number of H-pyrrole nitrogens is 1. The van der Waals surface area contributed by atoms with Gasteiger partial charge in [-0.2, -0.15) is 0 Å². The predicted octanol–water partition coefficient (Wildman–Crippen LogP) is 2.39. The minimum atomic E-state index is -0.465. The SMILES string of the molecule is O=c1[nH]c2ccsc2c(=O)n1-c1cccc(Cl)c1. The number of nitrogens with zero attached hydrogens (tertiary/aromatic N) is 1. The van der Waals surface area contributed by atoms with Gasteiger partial charge in [-0.1, -0.05) is 17.7 Å². The lowest BCUT2D eigenvalue weighted by molar-refractivity contribution is 0.904. The molecule has 18 heavy (non-hydrogen) atoms. The molecule has 3 aromatic rings. The van der Waals surface area contributed by atoms with E-state index in [9.17, 15) is 9.59 Å². The Bertz CT molecular complexity index is 847. The Kier molecular flexibility index (Phi) is 2.57. The third kappa shape index (κ3) is 1.68. The zero-order valence-electron chi connectivity index (χ0n) is 9.01. The lowest BCUT2D eigenvalue weighted by Gasteiger charge is -2.04. The summed E-state index contributed by atoms with van der Waals surface area (Å²) in [4.78, 5) is 26.8. The van der Waals surface area contributed by atoms with E-state index in [1.54, 1.807) is 35.7 Å². The number of hydrogen-bond acceptors (Lipinski definition) is 3. The van der Waals surface area contributed by atoms with Crippen molar-refractivity contribution in [2.75, 3.05) is 0 Å². The number of fused-ring (bicyclic) bond motifs is 1. The molecule has 2 aromatic heterocycles. The number of halogens is 1. The first-order valence-corrected chi connectivity index (χ1v) is 6.41. The maximum absolute atomic E-state index is 12.2. The molecular formula is C12H7ClN2O2S. The highest BCUT2D eigenvalue weighted by molar-refractivity contribution is 7.17. The van der Waals surface area contributed by atoms with Crippen LogP contribution in [0.5, 0.6) is 0 Å². The monoisotopic (exact) mass is 278 g/mol. The third-order valence-corrected chi connectivity index (χ3v) is 3.71. The van der Waals surface area contributed by atoms with Crippen LogP contribution in [0, 0.1) is 0 Å². The van der Waals surface area contributed by atoms with E-state index < -0.39 is 5.69 Å². The Morgan fingerprint density at radius 1 is 1.22 bits per heavy atom. The molecule has 0 aliphatic carbocycles. The van der Waals surface area contributed by atoms with Crippen LogP contribution < -0.4 is 11.2 Å². The molecule has 1 N–H and O–H groups in total. The molecule has 0 atom stereocenters. The highest BCUT2D eigenvalue weighted by Gasteiger charge is 2.10. The van der Waals surface area contributed by atoms with Gasteiger partial charge in [0.2, 0.25) is 0 Å². The van der Waals surface area contributed by atoms with E-state index in [4.69, 9.17) is 11.6 Å². The van der Waals surface area contributed by atoms with Gasteiger partial charge in [0.25, 0.3) is 5.56 Å². The van der Waals surface area contributed by atoms with Gasteiger partial charge in [0.05, 0.1) is 11.2 Å². The molecule has 2 heterocycles. The predicted molar refractivity (Wildman–Crippen MR) is 73.1 cm³/mol. The molecule has 0 fully saturated rings. The fraction of sp³-hybridized carbons (Fsp3) is 0. The summed E-state index contributed by atoms with van der Waals surface area (Å²) in [7, 11) is 0. The second kappa shape index (κ2) is 4.12. The van der Waals surface area contributed by atoms with Crippen molar-refractivity contribution in [3.8, 4) is 5.69 Å². The van der Waals surface area contributed by atoms with Crippen LogP contribution in [0.15, 0.2) is 45.3 Å². The highest BCUT2D eigenvalue weighted by atomic mass is 35.5. The Balaban J connectivity index is 2.42. The number of aromatic nitrogens is 2. The molecule has 1 aromatic carbocycles. The molecule has 4 nitrogen and oxygen atoms in total. The molecule has 0 spiro atoms. The molecule has 6 heteroatoms. The van der Waals surface area contributed by atoms with E-state index in [1.807, 2.05) is 0 Å². The van der Waals surface area contributed by atoms with Crippen molar-refractivity contribution >= 4 is 33.2 Å². The van der Waals surface area contributed by atoms with Crippen molar-refractivity contribution in [3.05, 3.63) is 61.6 Å². The number of benzene rings is 1. The van der Waals surface area contributed by atoms with Crippen molar-refractivity contribution in [2.45, 2.75) is 0 Å². The van der Waals surface area contributed by atoms with Crippen molar-refractivity contribution in [3.63, 3.8) is 0 Å². The molecular weight excluding hydrogens is 272 g/mol. The zero-order chi connectivity index (χ0) is 12.7. The summed E-state index contributed by atoms with van der Waals surface area (Å²) >= 11 is 7.17. The smallest absolute Gasteiger partial charge is 0.306 e. The van der Waals surface area contributed by atoms with Crippen LogP contribution in [0.4, 0.5) is 0 Å². The summed E-state index contributed by atoms with van der Waals surface area (Å²) in [5.41, 5.74) is 0.233. The van der Waals surface area contributed by atoms with Crippen molar-refractivity contribution < 1.29 is 0 Å². The van der Waals surface area contributed by atoms with Crippen LogP contribution >= 0.6 is 22.9 Å². The maximum atomic E-state index is 12.2. The van der Waals surface area contributed by atoms with Gasteiger partial charge in [0.15, 0.2) is 0 Å². The summed E-state index contributed by atoms with van der Waals surface area (Å²) < 4.78 is 1.61. The molecule has 0 saturated carbocycles. The quantitative estimate of drug-likeness (QED) is 0.743. The van der Waals surface area contributed by atoms with Gasteiger partial charge in [0, 0.05) is 5.02 Å². The summed E-state index contributed by atoms with van der Waals surface area (Å²) in [5, 5.41) is 2.25. The molecule has 3 rings (SSSR count). The van der Waals surface area contributed by atoms with Gasteiger partial charge < -0.3 is 4.98 Å². The van der Waals surface area contributed by atoms with Gasteiger partial charge in [-0.05, 0) is 29.6 Å². The number of thiophene rings is 1. The van der Waals surface area contributed by atoms with E-state index >= 15 is 0 Å². The summed E-state index contributed by atoms with van der Waals surface area (Å²) in [6.07, 6.45) is 0. The lowest BCUT2D eigenvalue weighted by Crippen LogP contribution is -2.32. The van der Waals surface area contributed by atoms with Gasteiger partial charge in [0.1, 0.15) is 4.70 Å². The normalized spacial score (nSPS) is 10.9. The average Bonchev–Trinajstić information content (AvgIpc) is 2.77. The second-order valence-electron chi connectivity index (χ2n) is 3.71. The van der Waals surface area contributed by atoms with Crippen LogP contribution in [0.2, 0.25) is 5.02 Å². The van der Waals surface area contributed by atoms with Crippen molar-refractivity contribution in [1.82, 2.24) is 9.55 Å². The number of rotatable bonds is 1. The topological polar surface area (TPSA) is 54.9 Å². The molecule has 0 aliphatic heterocycles. The molecule has 90 valence electrons. The fourth-order valence-corrected chi connectivity index (χ4v) is 2.75. The number of aromatic amines is 1. The number of nitrogens with one attached hydrogen (secondary N) is 1. The summed E-state index contributed by atoms with van der Waals surface area (Å²) in [6.45, 7) is 0. The minimum absolute atomic E-state index is 0.328. The van der Waals surface area contributed by atoms with Gasteiger partial charge in [-0.15, -0.1) is 11.3 Å². The van der Waals surface area contributed by atoms with Gasteiger partial charge in [-0.3, -0.25) is 4.79 Å². The van der Waals surface area contributed by atoms with Crippen LogP contribution in [0.1, 0.15) is 0 Å². The first kappa shape index (κ1) is 11.3. The van der Waals surface area contributed by atoms with Crippen LogP contribution in [0.25, 0.3) is 15.9 Å². The summed E-state index contributed by atoms with van der Waals surface area (Å²) in [5.74, 6) is 0. The average molecular weight is 279 g/mol. The minimum Gasteiger partial charge on any atom is -0.306 e. The third-order valence-electron chi connectivity index (χ3n) is 2.57. The standard InChI is InChI=1S/C12H7ClN2O2S/c13-7-2-1-3-8(6-7)15-11(16)10-9(4-5-18-10)14-12(15)17/h1-6H,(H,14,17). The van der Waals surface area contributed by atoms with E-state index in [2.05, 4.69) is 4.98 Å². The molecule has 0 radical (unpaired) electrons. The summed E-state index contributed by atoms with van der Waals surface area (Å²) in [6, 6.07) is 8.35. The van der Waals surface area contributed by atoms with Gasteiger partial charge >= 0.3 is 5.69 Å². The van der Waals surface area contributed by atoms with Crippen LogP contribution in [-0.2, 0) is 0 Å². The first-order valence-electron chi connectivity index (χ1n) is 5.15. The zero-order valence-corrected chi connectivity index (χ0v) is 10.6. The highest BCUT2D eigenvalue weighted by Crippen LogP contribution is 2.15. The molecule has 0 aliphatic rings. The van der Waals surface area contributed by atoms with Crippen molar-refractivity contribution in [2.24, 2.45) is 0 Å². The maximum Gasteiger partial charge on any atom is 0.333 e. The lowest BCUT2D eigenvalue weighted by atomic mass is 10.3. The number of hydrogen-bond donors (Lipinski definition) is 1. The van der Waals surface area contributed by atoms with Crippen molar-refractivity contribution in [1.29, 1.82) is 0 Å². The fourth-order valence-electron chi connectivity index (χ4n) is 1.79. The van der Waals surface area contributed by atoms with E-state index in [-0.39, 0.29) is 5.56 Å². The van der Waals surface area contributed by atoms with Gasteiger partial charge in [-0.25, -0.2) is 9.36 Å². The van der Waals surface area contributed by atoms with E-state index in [0.717, 1.165) is 4.57 Å². The van der Waals surface area contributed by atoms with Crippen LogP contribution in [-0.4, -0.2) is 9.55 Å². The Hall–Kier alpha value is -1.85. The van der Waals surface area contributed by atoms with Crippen LogP contribution in [0.3, 0.4) is 0 Å². The molecule has 0 unspecified atom stereocenters. The largest absolute Gasteiger partial charge is 0.333 e.